The van der Waals surface area contributed by atoms with E-state index < -0.39 is 0 Å². The number of rotatable bonds is 5. The zero-order chi connectivity index (χ0) is 18.8. The van der Waals surface area contributed by atoms with Gasteiger partial charge in [-0.1, -0.05) is 0 Å². The number of ether oxygens (including phenoxy) is 2. The summed E-state index contributed by atoms with van der Waals surface area (Å²) in [4.78, 5) is 17.0. The van der Waals surface area contributed by atoms with Gasteiger partial charge in [-0.05, 0) is 36.4 Å². The normalized spacial score (nSPS) is 10.7. The van der Waals surface area contributed by atoms with Crippen LogP contribution in [0.2, 0.25) is 0 Å². The molecule has 136 valence electrons. The second kappa shape index (κ2) is 7.04. The second-order valence-electron chi connectivity index (χ2n) is 5.59. The van der Waals surface area contributed by atoms with Gasteiger partial charge in [-0.2, -0.15) is 15.4 Å². The molecule has 27 heavy (non-hydrogen) atoms. The van der Waals surface area contributed by atoms with Crippen molar-refractivity contribution >= 4 is 33.4 Å². The van der Waals surface area contributed by atoms with Crippen molar-refractivity contribution in [1.82, 2.24) is 20.4 Å². The first-order valence-corrected chi connectivity index (χ1v) is 8.85. The van der Waals surface area contributed by atoms with E-state index in [0.717, 1.165) is 11.3 Å². The van der Waals surface area contributed by atoms with Crippen LogP contribution < -0.4 is 14.8 Å². The van der Waals surface area contributed by atoms with Crippen LogP contribution in [0.25, 0.3) is 22.3 Å². The zero-order valence-corrected chi connectivity index (χ0v) is 15.3. The number of carbonyl (C=O) groups is 1. The van der Waals surface area contributed by atoms with Crippen molar-refractivity contribution in [2.24, 2.45) is 0 Å². The second-order valence-corrected chi connectivity index (χ2v) is 6.45. The summed E-state index contributed by atoms with van der Waals surface area (Å²) in [5.74, 6) is 1.01. The van der Waals surface area contributed by atoms with Gasteiger partial charge in [-0.15, -0.1) is 11.3 Å². The molecule has 0 unspecified atom stereocenters. The third-order valence-corrected chi connectivity index (χ3v) is 4.74. The van der Waals surface area contributed by atoms with Crippen LogP contribution in [0.15, 0.2) is 41.8 Å². The number of aromatic amines is 1. The van der Waals surface area contributed by atoms with E-state index in [9.17, 15) is 4.79 Å². The van der Waals surface area contributed by atoms with Crippen molar-refractivity contribution in [2.75, 3.05) is 19.5 Å². The molecule has 2 heterocycles. The maximum absolute atomic E-state index is 12.5. The maximum Gasteiger partial charge on any atom is 0.257 e. The highest BCUT2D eigenvalue weighted by Crippen LogP contribution is 2.33. The molecule has 0 fully saturated rings. The number of carbonyl (C=O) groups excluding carboxylic acids is 1. The summed E-state index contributed by atoms with van der Waals surface area (Å²) >= 11 is 1.35. The smallest absolute Gasteiger partial charge is 0.257 e. The summed E-state index contributed by atoms with van der Waals surface area (Å²) in [7, 11) is 3.17. The van der Waals surface area contributed by atoms with Gasteiger partial charge in [-0.25, -0.2) is 4.98 Å². The van der Waals surface area contributed by atoms with E-state index in [1.807, 2.05) is 23.6 Å². The van der Waals surface area contributed by atoms with E-state index in [2.05, 4.69) is 25.7 Å². The highest BCUT2D eigenvalue weighted by molar-refractivity contribution is 7.14. The molecule has 0 atom stereocenters. The minimum Gasteiger partial charge on any atom is -0.493 e. The third kappa shape index (κ3) is 3.32. The first kappa shape index (κ1) is 17.0. The summed E-state index contributed by atoms with van der Waals surface area (Å²) in [5, 5.41) is 15.7. The van der Waals surface area contributed by atoms with Crippen LogP contribution >= 0.6 is 11.3 Å². The van der Waals surface area contributed by atoms with E-state index in [0.29, 0.717) is 33.2 Å². The quantitative estimate of drug-likeness (QED) is 0.550. The zero-order valence-electron chi connectivity index (χ0n) is 14.5. The summed E-state index contributed by atoms with van der Waals surface area (Å²) in [6.07, 6.45) is 0. The molecule has 4 rings (SSSR count). The van der Waals surface area contributed by atoms with Crippen LogP contribution in [0.3, 0.4) is 0 Å². The lowest BCUT2D eigenvalue weighted by Crippen LogP contribution is -2.11. The molecule has 0 bridgehead atoms. The number of nitrogens with one attached hydrogen (secondary N) is 2. The number of thiazole rings is 1. The van der Waals surface area contributed by atoms with Crippen molar-refractivity contribution in [2.45, 2.75) is 0 Å². The van der Waals surface area contributed by atoms with Crippen LogP contribution in [0.5, 0.6) is 11.5 Å². The molecule has 1 amide bonds. The van der Waals surface area contributed by atoms with Gasteiger partial charge in [0.25, 0.3) is 5.91 Å². The fraction of sp³-hybridized carbons (Fsp3) is 0.111. The van der Waals surface area contributed by atoms with Gasteiger partial charge in [0.2, 0.25) is 0 Å². The van der Waals surface area contributed by atoms with Gasteiger partial charge in [0.15, 0.2) is 16.6 Å². The number of benzene rings is 2. The van der Waals surface area contributed by atoms with Crippen LogP contribution in [0, 0.1) is 0 Å². The number of aromatic nitrogens is 4. The third-order valence-electron chi connectivity index (χ3n) is 3.98. The van der Waals surface area contributed by atoms with E-state index >= 15 is 0 Å². The molecule has 0 aliphatic heterocycles. The van der Waals surface area contributed by atoms with E-state index in [1.54, 1.807) is 32.4 Å². The lowest BCUT2D eigenvalue weighted by atomic mass is 10.1. The molecule has 8 nitrogen and oxygen atoms in total. The van der Waals surface area contributed by atoms with E-state index in [4.69, 9.17) is 9.47 Å². The van der Waals surface area contributed by atoms with Gasteiger partial charge in [0, 0.05) is 16.5 Å². The lowest BCUT2D eigenvalue weighted by molar-refractivity contribution is 0.102. The number of hydrogen-bond acceptors (Lipinski definition) is 7. The van der Waals surface area contributed by atoms with Crippen molar-refractivity contribution in [3.8, 4) is 22.8 Å². The predicted molar refractivity (Wildman–Crippen MR) is 102 cm³/mol. The molecule has 0 aliphatic carbocycles. The Morgan fingerprint density at radius 3 is 2.67 bits per heavy atom. The number of hydrogen-bond donors (Lipinski definition) is 2. The van der Waals surface area contributed by atoms with E-state index in [-0.39, 0.29) is 5.91 Å². The number of methoxy groups -OCH3 is 2. The highest BCUT2D eigenvalue weighted by Gasteiger charge is 2.13. The fourth-order valence-corrected chi connectivity index (χ4v) is 3.32. The van der Waals surface area contributed by atoms with Gasteiger partial charge in [0.1, 0.15) is 11.0 Å². The molecule has 0 aliphatic rings. The molecular formula is C18H15N5O3S. The standard InChI is InChI=1S/C18H15N5O3S/c1-25-15-6-4-10(8-16(15)26-2)14-9-27-18(19-14)20-17(24)11-3-5-12-13(7-11)22-23-21-12/h3-9H,1-2H3,(H,19,20,24)(H,21,22,23). The Balaban J connectivity index is 1.54. The average molecular weight is 381 g/mol. The summed E-state index contributed by atoms with van der Waals surface area (Å²) in [6, 6.07) is 10.7. The molecule has 2 aromatic carbocycles. The molecule has 0 spiro atoms. The SMILES string of the molecule is COc1ccc(-c2csc(NC(=O)c3ccc4n[nH]nc4c3)n2)cc1OC. The summed E-state index contributed by atoms with van der Waals surface area (Å²) in [5.41, 5.74) is 3.43. The molecule has 9 heteroatoms. The first-order chi connectivity index (χ1) is 13.2. The number of amides is 1. The maximum atomic E-state index is 12.5. The van der Waals surface area contributed by atoms with Gasteiger partial charge in [0.05, 0.1) is 19.9 Å². The first-order valence-electron chi connectivity index (χ1n) is 7.98. The number of H-pyrrole nitrogens is 1. The minimum absolute atomic E-state index is 0.256. The van der Waals surface area contributed by atoms with Crippen LogP contribution in [0.1, 0.15) is 10.4 Å². The van der Waals surface area contributed by atoms with E-state index in [1.165, 1.54) is 11.3 Å². The predicted octanol–water partition coefficient (Wildman–Crippen LogP) is 3.35. The largest absolute Gasteiger partial charge is 0.493 e. The molecule has 0 radical (unpaired) electrons. The highest BCUT2D eigenvalue weighted by atomic mass is 32.1. The van der Waals surface area contributed by atoms with Crippen LogP contribution in [-0.4, -0.2) is 40.5 Å². The van der Waals surface area contributed by atoms with Gasteiger partial charge >= 0.3 is 0 Å². The van der Waals surface area contributed by atoms with Crippen molar-refractivity contribution in [1.29, 1.82) is 0 Å². The topological polar surface area (TPSA) is 102 Å². The van der Waals surface area contributed by atoms with Crippen molar-refractivity contribution < 1.29 is 14.3 Å². The van der Waals surface area contributed by atoms with Crippen molar-refractivity contribution in [3.63, 3.8) is 0 Å². The Morgan fingerprint density at radius 2 is 1.85 bits per heavy atom. The Labute approximate surface area is 158 Å². The fourth-order valence-electron chi connectivity index (χ4n) is 2.61. The molecule has 2 N–H and O–H groups in total. The van der Waals surface area contributed by atoms with Crippen LogP contribution in [0.4, 0.5) is 5.13 Å². The Bertz CT molecular complexity index is 1120. The molecule has 4 aromatic rings. The molecule has 0 saturated carbocycles. The average Bonchev–Trinajstić information content (AvgIpc) is 3.36. The monoisotopic (exact) mass is 381 g/mol. The Kier molecular flexibility index (Phi) is 4.43. The Hall–Kier alpha value is -3.46. The molecule has 0 saturated heterocycles. The van der Waals surface area contributed by atoms with Gasteiger partial charge < -0.3 is 9.47 Å². The van der Waals surface area contributed by atoms with Gasteiger partial charge in [-0.3, -0.25) is 10.1 Å². The number of anilines is 1. The lowest BCUT2D eigenvalue weighted by Gasteiger charge is -2.08. The Morgan fingerprint density at radius 1 is 1.04 bits per heavy atom. The molecule has 2 aromatic heterocycles. The summed E-state index contributed by atoms with van der Waals surface area (Å²) < 4.78 is 10.6. The number of fused-ring (bicyclic) bond motifs is 1. The minimum atomic E-state index is -0.256. The van der Waals surface area contributed by atoms with Crippen molar-refractivity contribution in [3.05, 3.63) is 47.3 Å². The molecular weight excluding hydrogens is 366 g/mol. The number of nitrogens with zero attached hydrogens (tertiary/aromatic N) is 3. The van der Waals surface area contributed by atoms with Crippen LogP contribution in [-0.2, 0) is 0 Å². The summed E-state index contributed by atoms with van der Waals surface area (Å²) in [6.45, 7) is 0.